The first-order valence-electron chi connectivity index (χ1n) is 3.96. The monoisotopic (exact) mass is 199 g/mol. The van der Waals surface area contributed by atoms with Crippen LogP contribution in [-0.4, -0.2) is 22.2 Å². The molecule has 0 spiro atoms. The van der Waals surface area contributed by atoms with Crippen molar-refractivity contribution in [1.82, 2.24) is 0 Å². The fourth-order valence-electron chi connectivity index (χ4n) is 1.03. The maximum atomic E-state index is 12.5. The molecule has 5 heteroatoms. The molecule has 76 valence electrons. The van der Waals surface area contributed by atoms with Crippen LogP contribution in [0.5, 0.6) is 5.75 Å². The molecule has 0 bridgehead atoms. The second-order valence-electron chi connectivity index (χ2n) is 2.92. The van der Waals surface area contributed by atoms with Crippen LogP contribution >= 0.6 is 0 Å². The van der Waals surface area contributed by atoms with Crippen LogP contribution in [0.25, 0.3) is 0 Å². The first-order valence-corrected chi connectivity index (χ1v) is 3.96. The second-order valence-corrected chi connectivity index (χ2v) is 2.92. The normalized spacial score (nSPS) is 12.4. The van der Waals surface area contributed by atoms with E-state index in [1.807, 2.05) is 0 Å². The van der Waals surface area contributed by atoms with E-state index in [-0.39, 0.29) is 12.2 Å². The molecule has 4 N–H and O–H groups in total. The van der Waals surface area contributed by atoms with Gasteiger partial charge in [0.2, 0.25) is 0 Å². The minimum absolute atomic E-state index is 0.0263. The summed E-state index contributed by atoms with van der Waals surface area (Å²) in [6.07, 6.45) is -0.0263. The number of phenolic OH excluding ortho intramolecular Hbond substituents is 1. The summed E-state index contributed by atoms with van der Waals surface area (Å²) in [4.78, 5) is 10.4. The number of aliphatic carboxylic acids is 1. The van der Waals surface area contributed by atoms with Crippen molar-refractivity contribution in [2.75, 3.05) is 0 Å². The molecule has 1 atom stereocenters. The molecule has 1 unspecified atom stereocenters. The molecular formula is C9H10FNO3. The van der Waals surface area contributed by atoms with Gasteiger partial charge in [0, 0.05) is 12.5 Å². The Morgan fingerprint density at radius 1 is 1.57 bits per heavy atom. The van der Waals surface area contributed by atoms with Gasteiger partial charge >= 0.3 is 5.97 Å². The highest BCUT2D eigenvalue weighted by Crippen LogP contribution is 2.19. The Hall–Kier alpha value is -1.62. The summed E-state index contributed by atoms with van der Waals surface area (Å²) in [5, 5.41) is 17.7. The van der Waals surface area contributed by atoms with Crippen LogP contribution in [0.15, 0.2) is 18.2 Å². The number of hydrogen-bond acceptors (Lipinski definition) is 3. The van der Waals surface area contributed by atoms with Crippen LogP contribution in [0.2, 0.25) is 0 Å². The summed E-state index contributed by atoms with van der Waals surface area (Å²) in [7, 11) is 0. The Bertz CT molecular complexity index is 354. The van der Waals surface area contributed by atoms with E-state index < -0.39 is 17.8 Å². The smallest absolute Gasteiger partial charge is 0.320 e. The Balaban J connectivity index is 2.82. The third kappa shape index (κ3) is 2.43. The van der Waals surface area contributed by atoms with E-state index in [4.69, 9.17) is 10.8 Å². The third-order valence-corrected chi connectivity index (χ3v) is 1.80. The predicted molar refractivity (Wildman–Crippen MR) is 47.4 cm³/mol. The van der Waals surface area contributed by atoms with Gasteiger partial charge in [-0.05, 0) is 11.6 Å². The Morgan fingerprint density at radius 3 is 2.71 bits per heavy atom. The number of aromatic hydroxyl groups is 1. The molecule has 0 amide bonds. The van der Waals surface area contributed by atoms with Crippen molar-refractivity contribution in [1.29, 1.82) is 0 Å². The van der Waals surface area contributed by atoms with Gasteiger partial charge in [-0.2, -0.15) is 0 Å². The molecule has 0 saturated heterocycles. The standard InChI is InChI=1S/C9H10FNO3/c10-6-2-1-5(8(12)4-6)3-7(11)9(13)14/h1-2,4,7,12H,3,11H2,(H,13,14). The van der Waals surface area contributed by atoms with Crippen molar-refractivity contribution in [3.8, 4) is 5.75 Å². The summed E-state index contributed by atoms with van der Waals surface area (Å²) >= 11 is 0. The van der Waals surface area contributed by atoms with Crippen molar-refractivity contribution in [3.05, 3.63) is 29.6 Å². The molecule has 4 nitrogen and oxygen atoms in total. The van der Waals surface area contributed by atoms with Crippen LogP contribution in [0.1, 0.15) is 5.56 Å². The van der Waals surface area contributed by atoms with Crippen molar-refractivity contribution in [3.63, 3.8) is 0 Å². The van der Waals surface area contributed by atoms with Crippen LogP contribution in [0.3, 0.4) is 0 Å². The quantitative estimate of drug-likeness (QED) is 0.661. The number of carbonyl (C=O) groups is 1. The predicted octanol–water partition coefficient (Wildman–Crippen LogP) is 0.486. The number of rotatable bonds is 3. The Morgan fingerprint density at radius 2 is 2.21 bits per heavy atom. The number of nitrogens with two attached hydrogens (primary N) is 1. The molecule has 0 radical (unpaired) electrons. The van der Waals surface area contributed by atoms with Gasteiger partial charge in [0.05, 0.1) is 0 Å². The van der Waals surface area contributed by atoms with Crippen LogP contribution in [-0.2, 0) is 11.2 Å². The first kappa shape index (κ1) is 10.5. The van der Waals surface area contributed by atoms with Gasteiger partial charge < -0.3 is 15.9 Å². The lowest BCUT2D eigenvalue weighted by molar-refractivity contribution is -0.138. The molecule has 0 aromatic heterocycles. The zero-order valence-electron chi connectivity index (χ0n) is 7.27. The summed E-state index contributed by atoms with van der Waals surface area (Å²) < 4.78 is 12.5. The molecule has 1 aromatic carbocycles. The van der Waals surface area contributed by atoms with Gasteiger partial charge in [-0.1, -0.05) is 6.07 Å². The third-order valence-electron chi connectivity index (χ3n) is 1.80. The zero-order valence-corrected chi connectivity index (χ0v) is 7.27. The van der Waals surface area contributed by atoms with Crippen molar-refractivity contribution in [2.24, 2.45) is 5.73 Å². The van der Waals surface area contributed by atoms with Crippen LogP contribution in [0.4, 0.5) is 4.39 Å². The molecular weight excluding hydrogens is 189 g/mol. The zero-order chi connectivity index (χ0) is 10.7. The highest BCUT2D eigenvalue weighted by atomic mass is 19.1. The topological polar surface area (TPSA) is 83.5 Å². The van der Waals surface area contributed by atoms with Crippen molar-refractivity contribution >= 4 is 5.97 Å². The molecule has 0 aliphatic carbocycles. The van der Waals surface area contributed by atoms with Gasteiger partial charge in [-0.3, -0.25) is 4.79 Å². The van der Waals surface area contributed by atoms with Gasteiger partial charge in [0.1, 0.15) is 17.6 Å². The maximum Gasteiger partial charge on any atom is 0.320 e. The number of carboxylic acid groups (broad SMARTS) is 1. The van der Waals surface area contributed by atoms with Gasteiger partial charge in [0.25, 0.3) is 0 Å². The van der Waals surface area contributed by atoms with Crippen LogP contribution in [0, 0.1) is 5.82 Å². The van der Waals surface area contributed by atoms with E-state index in [0.29, 0.717) is 5.56 Å². The molecule has 14 heavy (non-hydrogen) atoms. The summed E-state index contributed by atoms with van der Waals surface area (Å²) in [6.45, 7) is 0. The Labute approximate surface area is 79.8 Å². The minimum atomic E-state index is -1.16. The summed E-state index contributed by atoms with van der Waals surface area (Å²) in [6, 6.07) is 2.28. The van der Waals surface area contributed by atoms with E-state index >= 15 is 0 Å². The fraction of sp³-hybridized carbons (Fsp3) is 0.222. The molecule has 0 fully saturated rings. The molecule has 0 aliphatic heterocycles. The van der Waals surface area contributed by atoms with Gasteiger partial charge in [0.15, 0.2) is 0 Å². The molecule has 1 rings (SSSR count). The summed E-state index contributed by atoms with van der Waals surface area (Å²) in [5.41, 5.74) is 5.57. The maximum absolute atomic E-state index is 12.5. The molecule has 1 aromatic rings. The first-order chi connectivity index (χ1) is 6.50. The molecule has 0 heterocycles. The van der Waals surface area contributed by atoms with E-state index in [1.54, 1.807) is 0 Å². The van der Waals surface area contributed by atoms with E-state index in [2.05, 4.69) is 0 Å². The Kier molecular flexibility index (Phi) is 3.03. The number of halogens is 1. The second kappa shape index (κ2) is 4.06. The fourth-order valence-corrected chi connectivity index (χ4v) is 1.03. The number of carboxylic acids is 1. The van der Waals surface area contributed by atoms with E-state index in [1.165, 1.54) is 6.07 Å². The number of benzene rings is 1. The highest BCUT2D eigenvalue weighted by molar-refractivity contribution is 5.73. The van der Waals surface area contributed by atoms with Gasteiger partial charge in [-0.25, -0.2) is 4.39 Å². The highest BCUT2D eigenvalue weighted by Gasteiger charge is 2.14. The van der Waals surface area contributed by atoms with Crippen molar-refractivity contribution < 1.29 is 19.4 Å². The van der Waals surface area contributed by atoms with E-state index in [9.17, 15) is 14.3 Å². The lowest BCUT2D eigenvalue weighted by Crippen LogP contribution is -2.32. The van der Waals surface area contributed by atoms with Gasteiger partial charge in [-0.15, -0.1) is 0 Å². The van der Waals surface area contributed by atoms with Crippen molar-refractivity contribution in [2.45, 2.75) is 12.5 Å². The SMILES string of the molecule is NC(Cc1ccc(F)cc1O)C(=O)O. The lowest BCUT2D eigenvalue weighted by Gasteiger charge is -2.07. The van der Waals surface area contributed by atoms with E-state index in [0.717, 1.165) is 12.1 Å². The summed E-state index contributed by atoms with van der Waals surface area (Å²) in [5.74, 6) is -2.01. The average molecular weight is 199 g/mol. The minimum Gasteiger partial charge on any atom is -0.508 e. The molecule has 0 saturated carbocycles. The largest absolute Gasteiger partial charge is 0.508 e. The number of hydrogen-bond donors (Lipinski definition) is 3. The number of phenols is 1. The lowest BCUT2D eigenvalue weighted by atomic mass is 10.1. The van der Waals surface area contributed by atoms with Crippen LogP contribution < -0.4 is 5.73 Å². The average Bonchev–Trinajstić information content (AvgIpc) is 2.09. The molecule has 0 aliphatic rings.